The minimum atomic E-state index is -0.414. The molecule has 3 aromatic heterocycles. The van der Waals surface area contributed by atoms with Crippen LogP contribution < -0.4 is 30.9 Å². The van der Waals surface area contributed by atoms with Gasteiger partial charge in [-0.05, 0) is 112 Å². The normalized spacial score (nSPS) is 22.0. The van der Waals surface area contributed by atoms with Crippen molar-refractivity contribution in [1.82, 2.24) is 28.9 Å². The van der Waals surface area contributed by atoms with Crippen LogP contribution in [0, 0.1) is 5.41 Å². The smallest absolute Gasteiger partial charge is 0.293 e. The molecule has 0 bridgehead atoms. The van der Waals surface area contributed by atoms with Gasteiger partial charge in [0.15, 0.2) is 5.82 Å². The number of nitrogens with zero attached hydrogens (tertiary/aromatic N) is 9. The molecule has 74 heavy (non-hydrogen) atoms. The van der Waals surface area contributed by atoms with Gasteiger partial charge in [0, 0.05) is 105 Å². The number of imide groups is 1. The second kappa shape index (κ2) is 19.3. The first-order chi connectivity index (χ1) is 35.6. The number of anilines is 6. The van der Waals surface area contributed by atoms with Crippen molar-refractivity contribution >= 4 is 58.0 Å². The summed E-state index contributed by atoms with van der Waals surface area (Å²) in [5, 5.41) is 17.1. The zero-order valence-corrected chi connectivity index (χ0v) is 43.2. The first-order valence-corrected chi connectivity index (χ1v) is 26.5. The Kier molecular flexibility index (Phi) is 12.8. The predicted molar refractivity (Wildman–Crippen MR) is 287 cm³/mol. The summed E-state index contributed by atoms with van der Waals surface area (Å²) in [5.41, 5.74) is 8.06. The van der Waals surface area contributed by atoms with Gasteiger partial charge in [0.25, 0.3) is 23.3 Å². The molecule has 2 aromatic carbocycles. The molecule has 0 spiro atoms. The molecule has 5 aromatic rings. The van der Waals surface area contributed by atoms with Crippen LogP contribution in [0.5, 0.6) is 0 Å². The van der Waals surface area contributed by atoms with E-state index in [2.05, 4.69) is 69.2 Å². The number of piperidine rings is 1. The third kappa shape index (κ3) is 8.66. The van der Waals surface area contributed by atoms with E-state index in [9.17, 15) is 29.1 Å². The van der Waals surface area contributed by atoms with Crippen LogP contribution in [0.15, 0.2) is 78.4 Å². The summed E-state index contributed by atoms with van der Waals surface area (Å²) in [7, 11) is 1.64. The van der Waals surface area contributed by atoms with Crippen LogP contribution in [0.4, 0.5) is 34.4 Å². The van der Waals surface area contributed by atoms with E-state index in [-0.39, 0.29) is 58.5 Å². The Labute approximate surface area is 431 Å². The monoisotopic (exact) mass is 1000 g/mol. The molecular formula is C57H67N11O6. The summed E-state index contributed by atoms with van der Waals surface area (Å²) < 4.78 is 3.57. The highest BCUT2D eigenvalue weighted by molar-refractivity contribution is 6.24. The molecule has 11 rings (SSSR count). The number of rotatable bonds is 11. The van der Waals surface area contributed by atoms with Crippen molar-refractivity contribution in [3.63, 3.8) is 0 Å². The Morgan fingerprint density at radius 3 is 2.41 bits per heavy atom. The largest absolute Gasteiger partial charge is 0.392 e. The molecule has 3 atom stereocenters. The van der Waals surface area contributed by atoms with Crippen molar-refractivity contribution in [2.75, 3.05) is 58.1 Å². The van der Waals surface area contributed by atoms with Crippen LogP contribution in [0.1, 0.15) is 121 Å². The van der Waals surface area contributed by atoms with E-state index < -0.39 is 6.61 Å². The summed E-state index contributed by atoms with van der Waals surface area (Å²) in [5.74, 6) is -0.445. The topological polar surface area (TPSA) is 181 Å². The first-order valence-electron chi connectivity index (χ1n) is 26.5. The average Bonchev–Trinajstić information content (AvgIpc) is 3.99. The number of pyridine rings is 1. The number of aliphatic hydroxyl groups is 1. The number of carbonyl (C=O) groups is 4. The SMILES string of the molecule is C=CC(=O)Nc1cc(Nc2nc(-c3ccnc(N4CCn5c(cc6c5CC(C)(C)C6)C4=O)c3CO)cn(C)c2=O)ccc1N1CCN(C2CCN(c3cccc4c3C(=O)N(C3CCCCC3)C4=O)[C@@H](C)C2)C[C@@H]1C. The highest BCUT2D eigenvalue weighted by Gasteiger charge is 2.44. The summed E-state index contributed by atoms with van der Waals surface area (Å²) in [4.78, 5) is 88.3. The number of hydrogen-bond donors (Lipinski definition) is 3. The Morgan fingerprint density at radius 1 is 0.851 bits per heavy atom. The zero-order valence-electron chi connectivity index (χ0n) is 43.2. The van der Waals surface area contributed by atoms with Crippen molar-refractivity contribution < 1.29 is 24.3 Å². The number of fused-ring (bicyclic) bond motifs is 4. The second-order valence-corrected chi connectivity index (χ2v) is 22.1. The van der Waals surface area contributed by atoms with Gasteiger partial charge in [-0.25, -0.2) is 9.97 Å². The lowest BCUT2D eigenvalue weighted by molar-refractivity contribution is -0.111. The lowest BCUT2D eigenvalue weighted by atomic mass is 9.90. The molecule has 0 radical (unpaired) electrons. The van der Waals surface area contributed by atoms with E-state index >= 15 is 0 Å². The molecule has 1 saturated carbocycles. The molecule has 2 saturated heterocycles. The van der Waals surface area contributed by atoms with Crippen LogP contribution in [0.25, 0.3) is 11.3 Å². The summed E-state index contributed by atoms with van der Waals surface area (Å²) >= 11 is 0. The maximum Gasteiger partial charge on any atom is 0.293 e. The van der Waals surface area contributed by atoms with Crippen molar-refractivity contribution in [3.8, 4) is 11.3 Å². The first kappa shape index (κ1) is 49.1. The Bertz CT molecular complexity index is 3170. The predicted octanol–water partition coefficient (Wildman–Crippen LogP) is 7.29. The molecule has 3 N–H and O–H groups in total. The number of nitrogens with one attached hydrogen (secondary N) is 2. The summed E-state index contributed by atoms with van der Waals surface area (Å²) in [6.07, 6.45) is 13.1. The molecule has 7 heterocycles. The Morgan fingerprint density at radius 2 is 1.65 bits per heavy atom. The van der Waals surface area contributed by atoms with Gasteiger partial charge in [0.05, 0.1) is 40.5 Å². The van der Waals surface area contributed by atoms with Gasteiger partial charge in [-0.2, -0.15) is 0 Å². The van der Waals surface area contributed by atoms with Crippen LogP contribution in [0.3, 0.4) is 0 Å². The second-order valence-electron chi connectivity index (χ2n) is 22.1. The number of benzene rings is 2. The van der Waals surface area contributed by atoms with Crippen molar-refractivity contribution in [2.45, 2.75) is 123 Å². The Hall–Kier alpha value is -7.11. The van der Waals surface area contributed by atoms with Crippen molar-refractivity contribution in [2.24, 2.45) is 12.5 Å². The molecule has 17 heteroatoms. The van der Waals surface area contributed by atoms with E-state index in [0.29, 0.717) is 76.5 Å². The molecular weight excluding hydrogens is 935 g/mol. The number of carbonyl (C=O) groups excluding carboxylic acids is 4. The fraction of sp³-hybridized carbons (Fsp3) is 0.456. The van der Waals surface area contributed by atoms with Gasteiger partial charge in [-0.3, -0.25) is 38.7 Å². The third-order valence-corrected chi connectivity index (χ3v) is 16.6. The molecule has 17 nitrogen and oxygen atoms in total. The molecule has 386 valence electrons. The number of piperazine rings is 1. The fourth-order valence-corrected chi connectivity index (χ4v) is 13.0. The van der Waals surface area contributed by atoms with Crippen LogP contribution >= 0.6 is 0 Å². The van der Waals surface area contributed by atoms with Crippen LogP contribution in [0.2, 0.25) is 0 Å². The van der Waals surface area contributed by atoms with E-state index in [1.165, 1.54) is 21.9 Å². The molecule has 2 aliphatic carbocycles. The van der Waals surface area contributed by atoms with Gasteiger partial charge in [-0.1, -0.05) is 45.8 Å². The molecule has 4 aliphatic heterocycles. The van der Waals surface area contributed by atoms with E-state index in [0.717, 1.165) is 88.8 Å². The molecule has 4 amide bonds. The van der Waals surface area contributed by atoms with E-state index in [4.69, 9.17) is 4.98 Å². The van der Waals surface area contributed by atoms with Crippen LogP contribution in [-0.4, -0.2) is 115 Å². The van der Waals surface area contributed by atoms with E-state index in [1.807, 2.05) is 36.4 Å². The number of aromatic nitrogens is 4. The standard InChI is InChI=1S/C57H67N11O6/c1-7-49(70)60-43-28-37(59-51-56(74)62(6)32-44(61-51)40-18-20-58-52(42(40)33-69)67-25-24-66-47(54(67)72)27-36-29-57(4,5)30-48(36)66)16-17-45(43)65-23-22-63(31-35(65)3)39-19-21-64(34(2)26-39)46-15-11-14-41-50(46)55(73)68(53(41)71)38-12-9-8-10-13-38/h7,11,14-18,20,27-28,32,34-35,38-39,69H,1,8-10,12-13,19,21-26,29-31,33H2,2-6H3,(H,59,61)(H,60,70)/t34-,35-,39?/m0/s1. The fourth-order valence-electron chi connectivity index (χ4n) is 13.0. The lowest BCUT2D eigenvalue weighted by Gasteiger charge is -2.48. The molecule has 1 unspecified atom stereocenters. The third-order valence-electron chi connectivity index (χ3n) is 16.6. The van der Waals surface area contributed by atoms with Crippen molar-refractivity contribution in [3.05, 3.63) is 118 Å². The van der Waals surface area contributed by atoms with Gasteiger partial charge in [-0.15, -0.1) is 0 Å². The minimum absolute atomic E-state index is 0.0201. The van der Waals surface area contributed by atoms with Gasteiger partial charge < -0.3 is 34.7 Å². The quantitative estimate of drug-likeness (QED) is 0.0890. The van der Waals surface area contributed by atoms with Gasteiger partial charge >= 0.3 is 0 Å². The van der Waals surface area contributed by atoms with Gasteiger partial charge in [0.1, 0.15) is 11.5 Å². The summed E-state index contributed by atoms with van der Waals surface area (Å²) in [6.45, 7) is 16.3. The lowest BCUT2D eigenvalue weighted by Crippen LogP contribution is -2.58. The molecule has 6 aliphatic rings. The van der Waals surface area contributed by atoms with Gasteiger partial charge in [0.2, 0.25) is 5.91 Å². The average molecular weight is 1000 g/mol. The number of aliphatic hydroxyl groups excluding tert-OH is 1. The highest BCUT2D eigenvalue weighted by Crippen LogP contribution is 2.42. The highest BCUT2D eigenvalue weighted by atomic mass is 16.3. The maximum absolute atomic E-state index is 14.1. The number of aryl methyl sites for hydroxylation is 1. The van der Waals surface area contributed by atoms with Crippen molar-refractivity contribution in [1.29, 1.82) is 0 Å². The maximum atomic E-state index is 14.1. The summed E-state index contributed by atoms with van der Waals surface area (Å²) in [6, 6.07) is 15.6. The minimum Gasteiger partial charge on any atom is -0.392 e. The Balaban J connectivity index is 0.789. The number of amides is 4. The zero-order chi connectivity index (χ0) is 51.7. The van der Waals surface area contributed by atoms with E-state index in [1.54, 1.807) is 41.4 Å². The van der Waals surface area contributed by atoms with Crippen LogP contribution in [-0.2, 0) is 37.8 Å². The molecule has 3 fully saturated rings. The number of hydrogen-bond acceptors (Lipinski definition) is 12.